The van der Waals surface area contributed by atoms with Crippen molar-refractivity contribution in [3.63, 3.8) is 0 Å². The number of hydrogen-bond acceptors (Lipinski definition) is 3. The van der Waals surface area contributed by atoms with Crippen LogP contribution in [-0.2, 0) is 11.2 Å². The zero-order valence-corrected chi connectivity index (χ0v) is 14.2. The van der Waals surface area contributed by atoms with Gasteiger partial charge in [0.2, 0.25) is 0 Å². The van der Waals surface area contributed by atoms with Crippen LogP contribution in [0.3, 0.4) is 0 Å². The molecule has 4 nitrogen and oxygen atoms in total. The van der Waals surface area contributed by atoms with Gasteiger partial charge < -0.3 is 15.4 Å². The predicted molar refractivity (Wildman–Crippen MR) is 92.3 cm³/mol. The minimum Gasteiger partial charge on any atom is -0.381 e. The van der Waals surface area contributed by atoms with Crippen LogP contribution in [0.2, 0.25) is 0 Å². The van der Waals surface area contributed by atoms with Crippen molar-refractivity contribution in [2.45, 2.75) is 39.5 Å². The molecule has 0 fully saturated rings. The van der Waals surface area contributed by atoms with Crippen molar-refractivity contribution in [1.29, 1.82) is 0 Å². The molecule has 0 saturated carbocycles. The maximum atomic E-state index is 5.54. The topological polar surface area (TPSA) is 45.6 Å². The van der Waals surface area contributed by atoms with Crippen LogP contribution in [0.15, 0.2) is 22.5 Å². The van der Waals surface area contributed by atoms with Crippen LogP contribution in [0, 0.1) is 0 Å². The Morgan fingerprint density at radius 1 is 1.24 bits per heavy atom. The lowest BCUT2D eigenvalue weighted by Gasteiger charge is -2.10. The van der Waals surface area contributed by atoms with Crippen LogP contribution in [0.5, 0.6) is 0 Å². The number of thiophene rings is 1. The lowest BCUT2D eigenvalue weighted by molar-refractivity contribution is 0.130. The Labute approximate surface area is 133 Å². The van der Waals surface area contributed by atoms with E-state index in [1.807, 2.05) is 0 Å². The van der Waals surface area contributed by atoms with Gasteiger partial charge in [-0.25, -0.2) is 0 Å². The van der Waals surface area contributed by atoms with E-state index in [9.17, 15) is 0 Å². The molecule has 0 aliphatic carbocycles. The molecule has 5 heteroatoms. The molecule has 0 aliphatic heterocycles. The van der Waals surface area contributed by atoms with Crippen LogP contribution in [0.4, 0.5) is 0 Å². The number of ether oxygens (including phenoxy) is 1. The van der Waals surface area contributed by atoms with E-state index >= 15 is 0 Å². The second-order valence-electron chi connectivity index (χ2n) is 4.84. The van der Waals surface area contributed by atoms with Crippen LogP contribution in [0.1, 0.15) is 38.0 Å². The second-order valence-corrected chi connectivity index (χ2v) is 5.87. The Kier molecular flexibility index (Phi) is 10.8. The molecule has 0 atom stereocenters. The predicted octanol–water partition coefficient (Wildman–Crippen LogP) is 3.05. The van der Waals surface area contributed by atoms with Gasteiger partial charge in [0.1, 0.15) is 0 Å². The van der Waals surface area contributed by atoms with Crippen LogP contribution in [0.25, 0.3) is 0 Å². The Morgan fingerprint density at radius 2 is 2.10 bits per heavy atom. The molecule has 21 heavy (non-hydrogen) atoms. The van der Waals surface area contributed by atoms with E-state index in [2.05, 4.69) is 47.0 Å². The van der Waals surface area contributed by atoms with Gasteiger partial charge in [0.25, 0.3) is 0 Å². The van der Waals surface area contributed by atoms with Gasteiger partial charge in [-0.15, -0.1) is 11.3 Å². The summed E-state index contributed by atoms with van der Waals surface area (Å²) < 4.78 is 5.54. The van der Waals surface area contributed by atoms with Gasteiger partial charge in [-0.3, -0.25) is 4.99 Å². The molecular weight excluding hydrogens is 282 g/mol. The van der Waals surface area contributed by atoms with E-state index in [1.165, 1.54) is 11.3 Å². The van der Waals surface area contributed by atoms with Gasteiger partial charge in [0.15, 0.2) is 5.96 Å². The van der Waals surface area contributed by atoms with Gasteiger partial charge in [-0.05, 0) is 37.6 Å². The standard InChI is InChI=1S/C16H29N3OS/c1-3-5-12-20-13-7-10-18-16(17-4-2)19-11-9-15-8-6-14-21-15/h6,8,14H,3-5,7,9-13H2,1-2H3,(H2,17,18,19). The summed E-state index contributed by atoms with van der Waals surface area (Å²) in [5, 5.41) is 8.77. The molecule has 1 rings (SSSR count). The van der Waals surface area contributed by atoms with Crippen molar-refractivity contribution in [2.75, 3.05) is 32.8 Å². The summed E-state index contributed by atoms with van der Waals surface area (Å²) >= 11 is 1.80. The van der Waals surface area contributed by atoms with Gasteiger partial charge in [-0.1, -0.05) is 19.4 Å². The largest absolute Gasteiger partial charge is 0.381 e. The van der Waals surface area contributed by atoms with Crippen molar-refractivity contribution >= 4 is 17.3 Å². The SMILES string of the molecule is CCCCOCCCN=C(NCC)NCCc1cccs1. The zero-order chi connectivity index (χ0) is 15.2. The Hall–Kier alpha value is -1.07. The highest BCUT2D eigenvalue weighted by atomic mass is 32.1. The van der Waals surface area contributed by atoms with E-state index in [0.29, 0.717) is 0 Å². The number of hydrogen-bond donors (Lipinski definition) is 2. The van der Waals surface area contributed by atoms with Crippen LogP contribution in [-0.4, -0.2) is 38.8 Å². The molecule has 0 amide bonds. The van der Waals surface area contributed by atoms with E-state index in [-0.39, 0.29) is 0 Å². The highest BCUT2D eigenvalue weighted by Gasteiger charge is 1.98. The van der Waals surface area contributed by atoms with Crippen molar-refractivity contribution < 1.29 is 4.74 Å². The third-order valence-corrected chi connectivity index (χ3v) is 3.88. The average molecular weight is 311 g/mol. The van der Waals surface area contributed by atoms with Gasteiger partial charge >= 0.3 is 0 Å². The third kappa shape index (κ3) is 9.47. The maximum Gasteiger partial charge on any atom is 0.191 e. The van der Waals surface area contributed by atoms with E-state index in [4.69, 9.17) is 4.74 Å². The molecule has 0 spiro atoms. The molecule has 0 unspecified atom stereocenters. The zero-order valence-electron chi connectivity index (χ0n) is 13.4. The first-order valence-electron chi connectivity index (χ1n) is 7.99. The van der Waals surface area contributed by atoms with E-state index in [1.54, 1.807) is 11.3 Å². The van der Waals surface area contributed by atoms with E-state index in [0.717, 1.165) is 58.1 Å². The molecule has 0 radical (unpaired) electrons. The summed E-state index contributed by atoms with van der Waals surface area (Å²) in [5.41, 5.74) is 0. The minimum absolute atomic E-state index is 0.804. The fraction of sp³-hybridized carbons (Fsp3) is 0.688. The van der Waals surface area contributed by atoms with E-state index < -0.39 is 0 Å². The Morgan fingerprint density at radius 3 is 2.81 bits per heavy atom. The number of guanidine groups is 1. The summed E-state index contributed by atoms with van der Waals surface area (Å²) in [4.78, 5) is 5.97. The molecule has 120 valence electrons. The van der Waals surface area contributed by atoms with Crippen molar-refractivity contribution in [2.24, 2.45) is 4.99 Å². The molecule has 1 aromatic heterocycles. The summed E-state index contributed by atoms with van der Waals surface area (Å²) in [6.07, 6.45) is 4.36. The lowest BCUT2D eigenvalue weighted by atomic mass is 10.3. The quantitative estimate of drug-likeness (QED) is 0.375. The highest BCUT2D eigenvalue weighted by Crippen LogP contribution is 2.07. The monoisotopic (exact) mass is 311 g/mol. The number of unbranched alkanes of at least 4 members (excludes halogenated alkanes) is 1. The lowest BCUT2D eigenvalue weighted by Crippen LogP contribution is -2.38. The van der Waals surface area contributed by atoms with Crippen molar-refractivity contribution in [1.82, 2.24) is 10.6 Å². The first-order chi connectivity index (χ1) is 10.4. The minimum atomic E-state index is 0.804. The first-order valence-corrected chi connectivity index (χ1v) is 8.87. The molecule has 1 aromatic rings. The normalized spacial score (nSPS) is 11.6. The number of rotatable bonds is 11. The highest BCUT2D eigenvalue weighted by molar-refractivity contribution is 7.09. The van der Waals surface area contributed by atoms with Crippen LogP contribution < -0.4 is 10.6 Å². The molecule has 2 N–H and O–H groups in total. The fourth-order valence-corrected chi connectivity index (χ4v) is 2.52. The average Bonchev–Trinajstić information content (AvgIpc) is 2.99. The number of nitrogens with zero attached hydrogens (tertiary/aromatic N) is 1. The molecule has 1 heterocycles. The number of nitrogens with one attached hydrogen (secondary N) is 2. The Balaban J connectivity index is 2.13. The maximum absolute atomic E-state index is 5.54. The molecular formula is C16H29N3OS. The van der Waals surface area contributed by atoms with Gasteiger partial charge in [-0.2, -0.15) is 0 Å². The van der Waals surface area contributed by atoms with Gasteiger partial charge in [0.05, 0.1) is 0 Å². The summed E-state index contributed by atoms with van der Waals surface area (Å²) in [6, 6.07) is 4.27. The molecule has 0 saturated heterocycles. The smallest absolute Gasteiger partial charge is 0.191 e. The second kappa shape index (κ2) is 12.7. The first kappa shape index (κ1) is 18.0. The van der Waals surface area contributed by atoms with Crippen molar-refractivity contribution in [3.05, 3.63) is 22.4 Å². The summed E-state index contributed by atoms with van der Waals surface area (Å²) in [6.45, 7) is 8.55. The molecule has 0 aliphatic rings. The summed E-state index contributed by atoms with van der Waals surface area (Å²) in [7, 11) is 0. The molecule has 0 aromatic carbocycles. The fourth-order valence-electron chi connectivity index (χ4n) is 1.81. The molecule has 0 bridgehead atoms. The van der Waals surface area contributed by atoms with Gasteiger partial charge in [0, 0.05) is 37.7 Å². The van der Waals surface area contributed by atoms with Crippen molar-refractivity contribution in [3.8, 4) is 0 Å². The summed E-state index contributed by atoms with van der Waals surface area (Å²) in [5.74, 6) is 0.905. The Bertz CT molecular complexity index is 366. The number of aliphatic imine (C=N–C) groups is 1. The third-order valence-electron chi connectivity index (χ3n) is 2.95. The van der Waals surface area contributed by atoms with Crippen LogP contribution >= 0.6 is 11.3 Å².